The number of fused-ring (bicyclic) bond motifs is 1. The fraction of sp³-hybridized carbons (Fsp3) is 0.200. The lowest BCUT2D eigenvalue weighted by atomic mass is 10.3. The molecule has 1 aromatic carbocycles. The molecule has 0 bridgehead atoms. The second-order valence-corrected chi connectivity index (χ2v) is 5.08. The molecule has 0 radical (unpaired) electrons. The first kappa shape index (κ1) is 10.3. The van der Waals surface area contributed by atoms with E-state index in [0.717, 1.165) is 19.8 Å². The lowest BCUT2D eigenvalue weighted by Gasteiger charge is -1.98. The molecule has 0 fully saturated rings. The molecule has 1 nitrogen and oxygen atoms in total. The number of hydrogen-bond donors (Lipinski definition) is 1. The van der Waals surface area contributed by atoms with Crippen molar-refractivity contribution in [1.82, 2.24) is 0 Å². The van der Waals surface area contributed by atoms with Crippen molar-refractivity contribution in [1.29, 1.82) is 0 Å². The average Bonchev–Trinajstić information content (AvgIpc) is 2.46. The zero-order valence-corrected chi connectivity index (χ0v) is 10.9. The minimum absolute atomic E-state index is 0.688. The molecular formula is C10H9BrOS2. The maximum absolute atomic E-state index is 5.51. The summed E-state index contributed by atoms with van der Waals surface area (Å²) in [5.74, 6) is 0. The number of ether oxygens (including phenoxy) is 1. The maximum atomic E-state index is 5.51. The van der Waals surface area contributed by atoms with Crippen molar-refractivity contribution in [2.45, 2.75) is 11.8 Å². The molecule has 2 aromatic rings. The fourth-order valence-electron chi connectivity index (χ4n) is 1.30. The molecule has 1 heterocycles. The Bertz CT molecular complexity index is 464. The fourth-order valence-corrected chi connectivity index (χ4v) is 3.79. The van der Waals surface area contributed by atoms with Crippen LogP contribution >= 0.6 is 39.9 Å². The van der Waals surface area contributed by atoms with Crippen LogP contribution in [-0.4, -0.2) is 6.61 Å². The van der Waals surface area contributed by atoms with Crippen molar-refractivity contribution < 1.29 is 4.74 Å². The minimum atomic E-state index is 0.688. The predicted molar refractivity (Wildman–Crippen MR) is 67.9 cm³/mol. The Kier molecular flexibility index (Phi) is 3.04. The Labute approximate surface area is 101 Å². The summed E-state index contributed by atoms with van der Waals surface area (Å²) in [6, 6.07) is 6.06. The summed E-state index contributed by atoms with van der Waals surface area (Å²) in [6.45, 7) is 2.67. The maximum Gasteiger partial charge on any atom is 0.189 e. The SMILES string of the molecule is CCOc1sc2cccc(S)c2c1Br. The van der Waals surface area contributed by atoms with Crippen LogP contribution in [0.5, 0.6) is 5.06 Å². The summed E-state index contributed by atoms with van der Waals surface area (Å²) in [6.07, 6.45) is 0. The number of benzene rings is 1. The summed E-state index contributed by atoms with van der Waals surface area (Å²) < 4.78 is 7.73. The molecule has 74 valence electrons. The van der Waals surface area contributed by atoms with E-state index in [2.05, 4.69) is 34.6 Å². The highest BCUT2D eigenvalue weighted by Gasteiger charge is 2.12. The molecule has 1 aromatic heterocycles. The van der Waals surface area contributed by atoms with E-state index in [-0.39, 0.29) is 0 Å². The van der Waals surface area contributed by atoms with Gasteiger partial charge in [0.25, 0.3) is 0 Å². The Morgan fingerprint density at radius 3 is 2.93 bits per heavy atom. The lowest BCUT2D eigenvalue weighted by Crippen LogP contribution is -1.88. The topological polar surface area (TPSA) is 9.23 Å². The monoisotopic (exact) mass is 288 g/mol. The van der Waals surface area contributed by atoms with Crippen LogP contribution < -0.4 is 4.74 Å². The van der Waals surface area contributed by atoms with E-state index < -0.39 is 0 Å². The highest BCUT2D eigenvalue weighted by molar-refractivity contribution is 9.10. The molecule has 0 atom stereocenters. The standard InChI is InChI=1S/C10H9BrOS2/c1-2-12-10-9(11)8-6(13)4-3-5-7(8)14-10/h3-5,13H,2H2,1H3. The number of rotatable bonds is 2. The zero-order chi connectivity index (χ0) is 10.1. The minimum Gasteiger partial charge on any atom is -0.483 e. The third-order valence-corrected chi connectivity index (χ3v) is 4.34. The summed E-state index contributed by atoms with van der Waals surface area (Å²) in [7, 11) is 0. The largest absolute Gasteiger partial charge is 0.483 e. The molecular weight excluding hydrogens is 280 g/mol. The molecule has 0 aliphatic rings. The van der Waals surface area contributed by atoms with Gasteiger partial charge in [-0.15, -0.1) is 12.6 Å². The molecule has 2 rings (SSSR count). The van der Waals surface area contributed by atoms with Gasteiger partial charge in [0.2, 0.25) is 0 Å². The Hall–Kier alpha value is -0.190. The van der Waals surface area contributed by atoms with E-state index >= 15 is 0 Å². The summed E-state index contributed by atoms with van der Waals surface area (Å²) in [4.78, 5) is 0.983. The van der Waals surface area contributed by atoms with E-state index in [1.165, 1.54) is 4.70 Å². The van der Waals surface area contributed by atoms with Gasteiger partial charge < -0.3 is 4.74 Å². The number of thiophene rings is 1. The van der Waals surface area contributed by atoms with Crippen molar-refractivity contribution >= 4 is 50.0 Å². The van der Waals surface area contributed by atoms with Gasteiger partial charge in [0.05, 0.1) is 11.1 Å². The van der Waals surface area contributed by atoms with Crippen LogP contribution in [0.1, 0.15) is 6.92 Å². The molecule has 0 aliphatic heterocycles. The molecule has 14 heavy (non-hydrogen) atoms. The van der Waals surface area contributed by atoms with Gasteiger partial charge in [-0.1, -0.05) is 17.4 Å². The molecule has 0 saturated heterocycles. The first-order valence-corrected chi connectivity index (χ1v) is 6.32. The van der Waals surface area contributed by atoms with Gasteiger partial charge in [-0.2, -0.15) is 0 Å². The highest BCUT2D eigenvalue weighted by Crippen LogP contribution is 2.43. The Morgan fingerprint density at radius 1 is 1.50 bits per heavy atom. The third-order valence-electron chi connectivity index (χ3n) is 1.88. The summed E-state index contributed by atoms with van der Waals surface area (Å²) in [5, 5.41) is 2.08. The second kappa shape index (κ2) is 4.13. The Morgan fingerprint density at radius 2 is 2.29 bits per heavy atom. The molecule has 0 N–H and O–H groups in total. The van der Waals surface area contributed by atoms with Crippen LogP contribution in [0.15, 0.2) is 27.6 Å². The summed E-state index contributed by atoms with van der Waals surface area (Å²) >= 11 is 9.61. The quantitative estimate of drug-likeness (QED) is 0.809. The first-order chi connectivity index (χ1) is 6.74. The molecule has 0 amide bonds. The average molecular weight is 289 g/mol. The second-order valence-electron chi connectivity index (χ2n) is 2.79. The molecule has 4 heteroatoms. The van der Waals surface area contributed by atoms with Crippen LogP contribution in [0.2, 0.25) is 0 Å². The predicted octanol–water partition coefficient (Wildman–Crippen LogP) is 4.35. The number of halogens is 1. The van der Waals surface area contributed by atoms with Crippen LogP contribution in [0.3, 0.4) is 0 Å². The van der Waals surface area contributed by atoms with E-state index in [1.54, 1.807) is 11.3 Å². The molecule has 0 spiro atoms. The lowest BCUT2D eigenvalue weighted by molar-refractivity contribution is 0.349. The van der Waals surface area contributed by atoms with Crippen LogP contribution in [-0.2, 0) is 0 Å². The van der Waals surface area contributed by atoms with Crippen molar-refractivity contribution in [2.24, 2.45) is 0 Å². The normalized spacial score (nSPS) is 10.8. The van der Waals surface area contributed by atoms with Gasteiger partial charge in [-0.25, -0.2) is 0 Å². The van der Waals surface area contributed by atoms with E-state index in [1.807, 2.05) is 19.1 Å². The molecule has 0 aliphatic carbocycles. The van der Waals surface area contributed by atoms with Crippen LogP contribution in [0.4, 0.5) is 0 Å². The van der Waals surface area contributed by atoms with Gasteiger partial charge >= 0.3 is 0 Å². The van der Waals surface area contributed by atoms with Crippen molar-refractivity contribution in [2.75, 3.05) is 6.61 Å². The third kappa shape index (κ3) is 1.66. The van der Waals surface area contributed by atoms with Crippen molar-refractivity contribution in [3.8, 4) is 5.06 Å². The summed E-state index contributed by atoms with van der Waals surface area (Å²) in [5.41, 5.74) is 0. The van der Waals surface area contributed by atoms with Crippen molar-refractivity contribution in [3.05, 3.63) is 22.7 Å². The van der Waals surface area contributed by atoms with Crippen molar-refractivity contribution in [3.63, 3.8) is 0 Å². The van der Waals surface area contributed by atoms with E-state index in [4.69, 9.17) is 4.74 Å². The van der Waals surface area contributed by atoms with Crippen LogP contribution in [0.25, 0.3) is 10.1 Å². The van der Waals surface area contributed by atoms with Gasteiger partial charge in [0, 0.05) is 15.0 Å². The Balaban J connectivity index is 2.68. The first-order valence-electron chi connectivity index (χ1n) is 4.26. The smallest absolute Gasteiger partial charge is 0.189 e. The van der Waals surface area contributed by atoms with Gasteiger partial charge in [0.1, 0.15) is 0 Å². The highest BCUT2D eigenvalue weighted by atomic mass is 79.9. The number of hydrogen-bond acceptors (Lipinski definition) is 3. The van der Waals surface area contributed by atoms with E-state index in [0.29, 0.717) is 6.61 Å². The van der Waals surface area contributed by atoms with Gasteiger partial charge in [-0.3, -0.25) is 0 Å². The van der Waals surface area contributed by atoms with E-state index in [9.17, 15) is 0 Å². The zero-order valence-electron chi connectivity index (χ0n) is 7.58. The molecule has 0 saturated carbocycles. The number of thiol groups is 1. The van der Waals surface area contributed by atoms with Gasteiger partial charge in [0.15, 0.2) is 5.06 Å². The van der Waals surface area contributed by atoms with Crippen LogP contribution in [0, 0.1) is 0 Å². The molecule has 0 unspecified atom stereocenters. The van der Waals surface area contributed by atoms with Gasteiger partial charge in [-0.05, 0) is 35.0 Å².